The number of hydrogen-bond acceptors (Lipinski definition) is 6. The Morgan fingerprint density at radius 2 is 1.84 bits per heavy atom. The van der Waals surface area contributed by atoms with Crippen LogP contribution >= 0.6 is 12.2 Å². The maximum Gasteiger partial charge on any atom is 0.187 e. The number of nitrogens with two attached hydrogens (primary N) is 1. The van der Waals surface area contributed by atoms with Gasteiger partial charge >= 0.3 is 0 Å². The molecule has 158 valence electrons. The monoisotopic (exact) mass is 441 g/mol. The van der Waals surface area contributed by atoms with Gasteiger partial charge in [-0.05, 0) is 53.5 Å². The van der Waals surface area contributed by atoms with Crippen LogP contribution in [0.5, 0.6) is 5.75 Å². The molecule has 0 radical (unpaired) electrons. The third kappa shape index (κ3) is 3.72. The highest BCUT2D eigenvalue weighted by atomic mass is 32.1. The lowest BCUT2D eigenvalue weighted by Gasteiger charge is -2.19. The van der Waals surface area contributed by atoms with Gasteiger partial charge in [-0.15, -0.1) is 5.11 Å². The van der Waals surface area contributed by atoms with Gasteiger partial charge in [0.05, 0.1) is 17.7 Å². The van der Waals surface area contributed by atoms with Gasteiger partial charge in [-0.3, -0.25) is 0 Å². The second kappa shape index (κ2) is 8.24. The molecule has 1 atom stereocenters. The van der Waals surface area contributed by atoms with E-state index >= 15 is 0 Å². The number of azo groups is 1. The summed E-state index contributed by atoms with van der Waals surface area (Å²) in [5.74, 6) is 0.850. The molecule has 0 fully saturated rings. The second-order valence-corrected chi connectivity index (χ2v) is 7.78. The van der Waals surface area contributed by atoms with Gasteiger partial charge in [0, 0.05) is 11.8 Å². The van der Waals surface area contributed by atoms with E-state index in [0.29, 0.717) is 17.8 Å². The molecule has 32 heavy (non-hydrogen) atoms. The number of fused-ring (bicyclic) bond motifs is 1. The Kier molecular flexibility index (Phi) is 5.12. The van der Waals surface area contributed by atoms with E-state index in [1.807, 2.05) is 66.7 Å². The van der Waals surface area contributed by atoms with Crippen LogP contribution in [0.25, 0.3) is 10.8 Å². The molecule has 5 rings (SSSR count). The van der Waals surface area contributed by atoms with E-state index in [9.17, 15) is 5.11 Å². The summed E-state index contributed by atoms with van der Waals surface area (Å²) in [5, 5.41) is 27.1. The molecule has 0 saturated heterocycles. The van der Waals surface area contributed by atoms with Gasteiger partial charge in [0.15, 0.2) is 5.11 Å². The van der Waals surface area contributed by atoms with Crippen molar-refractivity contribution in [2.45, 2.75) is 12.5 Å². The highest BCUT2D eigenvalue weighted by Crippen LogP contribution is 2.36. The first-order valence-corrected chi connectivity index (χ1v) is 10.4. The number of benzene rings is 3. The van der Waals surface area contributed by atoms with E-state index in [-0.39, 0.29) is 16.9 Å². The van der Waals surface area contributed by atoms with Gasteiger partial charge in [0.1, 0.15) is 23.2 Å². The molecule has 3 N–H and O–H groups in total. The molecule has 0 aliphatic carbocycles. The number of aromatic hydroxyl groups is 1. The zero-order chi connectivity index (χ0) is 22.1. The lowest BCUT2D eigenvalue weighted by Crippen LogP contribution is -2.31. The normalized spacial score (nSPS) is 16.1. The van der Waals surface area contributed by atoms with E-state index in [1.165, 1.54) is 0 Å². The first kappa shape index (κ1) is 19.9. The maximum atomic E-state index is 10.2. The minimum Gasteiger partial charge on any atom is -0.506 e. The van der Waals surface area contributed by atoms with Crippen LogP contribution in [0, 0.1) is 0 Å². The highest BCUT2D eigenvalue weighted by Gasteiger charge is 2.32. The molecule has 1 unspecified atom stereocenters. The molecule has 2 heterocycles. The summed E-state index contributed by atoms with van der Waals surface area (Å²) in [4.78, 5) is 0. The zero-order valence-electron chi connectivity index (χ0n) is 16.9. The van der Waals surface area contributed by atoms with Crippen molar-refractivity contribution in [2.75, 3.05) is 0 Å². The molecule has 8 heteroatoms. The Morgan fingerprint density at radius 1 is 1.03 bits per heavy atom. The summed E-state index contributed by atoms with van der Waals surface area (Å²) in [6, 6.07) is 22.3. The van der Waals surface area contributed by atoms with E-state index < -0.39 is 0 Å². The highest BCUT2D eigenvalue weighted by molar-refractivity contribution is 7.80. The molecule has 0 spiro atoms. The topological polar surface area (TPSA) is 99.7 Å². The van der Waals surface area contributed by atoms with Gasteiger partial charge in [-0.2, -0.15) is 10.2 Å². The molecule has 1 aliphatic heterocycles. The predicted octanol–water partition coefficient (Wildman–Crippen LogP) is 5.95. The lowest BCUT2D eigenvalue weighted by molar-refractivity contribution is 0.316. The number of thiocarbonyl (C=S) groups is 1. The fourth-order valence-corrected chi connectivity index (χ4v) is 3.94. The number of nitrogens with zero attached hydrogens (tertiary/aromatic N) is 4. The standard InChI is InChI=1S/C24H19N5O2S/c25-24(32)29-20(22-6-3-13-31-22)14-19(28-29)16-7-10-17(11-8-16)26-27-23-18-5-2-1-4-15(18)9-12-21(23)30/h1-13,20,30H,14H2,(H2,25,32). The first-order chi connectivity index (χ1) is 15.6. The Labute approximate surface area is 189 Å². The number of hydrazone groups is 1. The minimum atomic E-state index is -0.161. The molecule has 1 aromatic heterocycles. The Bertz CT molecular complexity index is 1350. The SMILES string of the molecule is NC(=S)N1N=C(c2ccc(N=Nc3c(O)ccc4ccccc34)cc2)CC1c1ccco1. The van der Waals surface area contributed by atoms with Gasteiger partial charge in [-0.1, -0.05) is 42.5 Å². The van der Waals surface area contributed by atoms with E-state index in [0.717, 1.165) is 27.8 Å². The number of hydrogen-bond donors (Lipinski definition) is 2. The van der Waals surface area contributed by atoms with Crippen LogP contribution in [0.3, 0.4) is 0 Å². The van der Waals surface area contributed by atoms with Gasteiger partial charge in [0.2, 0.25) is 0 Å². The van der Waals surface area contributed by atoms with Crippen LogP contribution in [-0.4, -0.2) is 20.9 Å². The first-order valence-electron chi connectivity index (χ1n) is 10.0. The largest absolute Gasteiger partial charge is 0.506 e. The molecular weight excluding hydrogens is 422 g/mol. The lowest BCUT2D eigenvalue weighted by atomic mass is 10.0. The van der Waals surface area contributed by atoms with Crippen molar-refractivity contribution in [1.82, 2.24) is 5.01 Å². The average Bonchev–Trinajstić information content (AvgIpc) is 3.49. The quantitative estimate of drug-likeness (QED) is 0.301. The predicted molar refractivity (Wildman–Crippen MR) is 127 cm³/mol. The summed E-state index contributed by atoms with van der Waals surface area (Å²) in [5.41, 5.74) is 8.76. The number of phenolic OH excluding ortho intramolecular Hbond substituents is 1. The van der Waals surface area contributed by atoms with Crippen molar-refractivity contribution in [3.05, 3.63) is 90.4 Å². The summed E-state index contributed by atoms with van der Waals surface area (Å²) in [6.07, 6.45) is 2.24. The number of phenols is 1. The molecule has 1 aliphatic rings. The van der Waals surface area contributed by atoms with E-state index in [2.05, 4.69) is 15.3 Å². The molecule has 0 amide bonds. The fourth-order valence-electron chi connectivity index (χ4n) is 3.77. The van der Waals surface area contributed by atoms with Crippen LogP contribution in [-0.2, 0) is 0 Å². The summed E-state index contributed by atoms with van der Waals surface area (Å²) in [6.45, 7) is 0. The van der Waals surface area contributed by atoms with Crippen molar-refractivity contribution in [1.29, 1.82) is 0 Å². The molecule has 4 aromatic rings. The van der Waals surface area contributed by atoms with Gasteiger partial charge in [0.25, 0.3) is 0 Å². The summed E-state index contributed by atoms with van der Waals surface area (Å²) >= 11 is 5.16. The van der Waals surface area contributed by atoms with E-state index in [1.54, 1.807) is 17.3 Å². The third-order valence-corrected chi connectivity index (χ3v) is 5.54. The van der Waals surface area contributed by atoms with Crippen molar-refractivity contribution >= 4 is 45.2 Å². The number of rotatable bonds is 4. The Morgan fingerprint density at radius 3 is 2.59 bits per heavy atom. The minimum absolute atomic E-state index is 0.0891. The van der Waals surface area contributed by atoms with Crippen molar-refractivity contribution in [3.63, 3.8) is 0 Å². The smallest absolute Gasteiger partial charge is 0.187 e. The van der Waals surface area contributed by atoms with Gasteiger partial charge < -0.3 is 15.3 Å². The zero-order valence-corrected chi connectivity index (χ0v) is 17.7. The second-order valence-electron chi connectivity index (χ2n) is 7.37. The van der Waals surface area contributed by atoms with Gasteiger partial charge in [-0.25, -0.2) is 5.01 Å². The van der Waals surface area contributed by atoms with E-state index in [4.69, 9.17) is 22.4 Å². The molecular formula is C24H19N5O2S. The Balaban J connectivity index is 1.39. The maximum absolute atomic E-state index is 10.2. The number of furan rings is 1. The molecule has 0 saturated carbocycles. The van der Waals surface area contributed by atoms with Crippen LogP contribution in [0.15, 0.2) is 98.8 Å². The molecule has 3 aromatic carbocycles. The summed E-state index contributed by atoms with van der Waals surface area (Å²) in [7, 11) is 0. The van der Waals surface area contributed by atoms with Crippen LogP contribution in [0.1, 0.15) is 23.8 Å². The molecule has 0 bridgehead atoms. The Hall–Kier alpha value is -4.04. The fraction of sp³-hybridized carbons (Fsp3) is 0.0833. The van der Waals surface area contributed by atoms with Crippen LogP contribution in [0.2, 0.25) is 0 Å². The average molecular weight is 442 g/mol. The van der Waals surface area contributed by atoms with Crippen molar-refractivity contribution < 1.29 is 9.52 Å². The third-order valence-electron chi connectivity index (χ3n) is 5.35. The molecule has 7 nitrogen and oxygen atoms in total. The van der Waals surface area contributed by atoms with Crippen LogP contribution < -0.4 is 5.73 Å². The van der Waals surface area contributed by atoms with Crippen LogP contribution in [0.4, 0.5) is 11.4 Å². The van der Waals surface area contributed by atoms with Crippen molar-refractivity contribution in [2.24, 2.45) is 21.1 Å². The summed E-state index contributed by atoms with van der Waals surface area (Å²) < 4.78 is 5.54. The van der Waals surface area contributed by atoms with Crippen molar-refractivity contribution in [3.8, 4) is 5.75 Å².